The molecular weight excluding hydrogens is 176 g/mol. The molecule has 0 bridgehead atoms. The first-order valence-corrected chi connectivity index (χ1v) is 4.92. The molecule has 1 atom stereocenters. The fourth-order valence-corrected chi connectivity index (χ4v) is 1.74. The number of aryl methyl sites for hydroxylation is 1. The second-order valence-corrected chi connectivity index (χ2v) is 4.08. The smallest absolute Gasteiger partial charge is 0.156 e. The third-order valence-corrected chi connectivity index (χ3v) is 2.89. The van der Waals surface area contributed by atoms with E-state index in [1.807, 2.05) is 31.2 Å². The van der Waals surface area contributed by atoms with Crippen molar-refractivity contribution in [3.05, 3.63) is 35.4 Å². The molecule has 1 unspecified atom stereocenters. The zero-order valence-corrected chi connectivity index (χ0v) is 8.23. The van der Waals surface area contributed by atoms with Crippen LogP contribution in [0.25, 0.3) is 0 Å². The SMILES string of the molecule is Cc1ccc(C(O)(C=O)C2CC2)cc1. The highest BCUT2D eigenvalue weighted by molar-refractivity contribution is 5.67. The minimum absolute atomic E-state index is 0.128. The third-order valence-electron chi connectivity index (χ3n) is 2.89. The summed E-state index contributed by atoms with van der Waals surface area (Å²) in [5, 5.41) is 10.2. The van der Waals surface area contributed by atoms with Gasteiger partial charge >= 0.3 is 0 Å². The lowest BCUT2D eigenvalue weighted by atomic mass is 9.90. The first kappa shape index (κ1) is 9.41. The summed E-state index contributed by atoms with van der Waals surface area (Å²) in [6.07, 6.45) is 2.57. The van der Waals surface area contributed by atoms with E-state index in [0.29, 0.717) is 6.29 Å². The molecule has 0 amide bonds. The molecule has 0 spiro atoms. The van der Waals surface area contributed by atoms with Crippen LogP contribution in [-0.2, 0) is 10.4 Å². The number of aliphatic hydroxyl groups is 1. The Hall–Kier alpha value is -1.15. The van der Waals surface area contributed by atoms with Crippen LogP contribution in [0, 0.1) is 12.8 Å². The van der Waals surface area contributed by atoms with Crippen molar-refractivity contribution >= 4 is 6.29 Å². The molecule has 1 aliphatic carbocycles. The van der Waals surface area contributed by atoms with E-state index in [2.05, 4.69) is 0 Å². The first-order chi connectivity index (χ1) is 6.66. The molecule has 0 saturated heterocycles. The minimum atomic E-state index is -1.24. The van der Waals surface area contributed by atoms with Gasteiger partial charge in [-0.1, -0.05) is 29.8 Å². The normalized spacial score (nSPS) is 20.1. The van der Waals surface area contributed by atoms with Crippen LogP contribution in [0.4, 0.5) is 0 Å². The molecular formula is C12H14O2. The van der Waals surface area contributed by atoms with Gasteiger partial charge in [0.25, 0.3) is 0 Å². The minimum Gasteiger partial charge on any atom is -0.377 e. The monoisotopic (exact) mass is 190 g/mol. The van der Waals surface area contributed by atoms with Crippen LogP contribution in [0.2, 0.25) is 0 Å². The Kier molecular flexibility index (Phi) is 2.16. The van der Waals surface area contributed by atoms with Crippen LogP contribution in [0.3, 0.4) is 0 Å². The zero-order chi connectivity index (χ0) is 10.2. The van der Waals surface area contributed by atoms with E-state index in [9.17, 15) is 9.90 Å². The number of rotatable bonds is 3. The van der Waals surface area contributed by atoms with Crippen LogP contribution in [0.1, 0.15) is 24.0 Å². The predicted molar refractivity (Wildman–Crippen MR) is 53.9 cm³/mol. The molecule has 2 rings (SSSR count). The summed E-state index contributed by atoms with van der Waals surface area (Å²) in [5.74, 6) is 0.128. The Morgan fingerprint density at radius 2 is 1.93 bits per heavy atom. The topological polar surface area (TPSA) is 37.3 Å². The van der Waals surface area contributed by atoms with Crippen molar-refractivity contribution in [1.29, 1.82) is 0 Å². The maximum absolute atomic E-state index is 10.9. The summed E-state index contributed by atoms with van der Waals surface area (Å²) in [5.41, 5.74) is 0.617. The fourth-order valence-electron chi connectivity index (χ4n) is 1.74. The molecule has 1 aromatic carbocycles. The molecule has 2 heteroatoms. The molecule has 1 N–H and O–H groups in total. The lowest BCUT2D eigenvalue weighted by Gasteiger charge is -2.21. The average molecular weight is 190 g/mol. The molecule has 14 heavy (non-hydrogen) atoms. The summed E-state index contributed by atoms with van der Waals surface area (Å²) in [6, 6.07) is 7.52. The largest absolute Gasteiger partial charge is 0.377 e. The van der Waals surface area contributed by atoms with Gasteiger partial charge in [-0.3, -0.25) is 4.79 Å². The molecule has 1 fully saturated rings. The highest BCUT2D eigenvalue weighted by Crippen LogP contribution is 2.44. The first-order valence-electron chi connectivity index (χ1n) is 4.92. The number of carbonyl (C=O) groups is 1. The molecule has 0 heterocycles. The number of hydrogen-bond donors (Lipinski definition) is 1. The maximum Gasteiger partial charge on any atom is 0.156 e. The van der Waals surface area contributed by atoms with Crippen molar-refractivity contribution in [1.82, 2.24) is 0 Å². The van der Waals surface area contributed by atoms with Crippen LogP contribution >= 0.6 is 0 Å². The Morgan fingerprint density at radius 1 is 1.36 bits per heavy atom. The standard InChI is InChI=1S/C12H14O2/c1-9-2-4-10(5-3-9)12(14,8-13)11-6-7-11/h2-5,8,11,14H,6-7H2,1H3. The highest BCUT2D eigenvalue weighted by Gasteiger charge is 2.44. The molecule has 1 aromatic rings. The molecule has 1 aliphatic rings. The van der Waals surface area contributed by atoms with E-state index < -0.39 is 5.60 Å². The van der Waals surface area contributed by atoms with Crippen LogP contribution in [-0.4, -0.2) is 11.4 Å². The molecule has 2 nitrogen and oxygen atoms in total. The zero-order valence-electron chi connectivity index (χ0n) is 8.23. The number of aldehydes is 1. The van der Waals surface area contributed by atoms with Gasteiger partial charge in [0.2, 0.25) is 0 Å². The molecule has 0 aliphatic heterocycles. The van der Waals surface area contributed by atoms with Crippen molar-refractivity contribution < 1.29 is 9.90 Å². The van der Waals surface area contributed by atoms with Crippen molar-refractivity contribution in [2.45, 2.75) is 25.4 Å². The number of carbonyl (C=O) groups excluding carboxylic acids is 1. The van der Waals surface area contributed by atoms with Crippen molar-refractivity contribution in [2.75, 3.05) is 0 Å². The summed E-state index contributed by atoms with van der Waals surface area (Å²) < 4.78 is 0. The second-order valence-electron chi connectivity index (χ2n) is 4.08. The summed E-state index contributed by atoms with van der Waals surface area (Å²) in [4.78, 5) is 10.9. The van der Waals surface area contributed by atoms with Crippen LogP contribution in [0.15, 0.2) is 24.3 Å². The second kappa shape index (κ2) is 3.21. The van der Waals surface area contributed by atoms with E-state index in [1.165, 1.54) is 0 Å². The molecule has 0 aromatic heterocycles. The van der Waals surface area contributed by atoms with E-state index in [-0.39, 0.29) is 5.92 Å². The summed E-state index contributed by atoms with van der Waals surface area (Å²) in [7, 11) is 0. The van der Waals surface area contributed by atoms with E-state index in [4.69, 9.17) is 0 Å². The van der Waals surface area contributed by atoms with Gasteiger partial charge in [0, 0.05) is 0 Å². The van der Waals surface area contributed by atoms with Gasteiger partial charge in [0.05, 0.1) is 0 Å². The summed E-state index contributed by atoms with van der Waals surface area (Å²) in [6.45, 7) is 1.99. The average Bonchev–Trinajstić information content (AvgIpc) is 3.01. The van der Waals surface area contributed by atoms with Crippen molar-refractivity contribution in [3.8, 4) is 0 Å². The van der Waals surface area contributed by atoms with Gasteiger partial charge in [-0.2, -0.15) is 0 Å². The molecule has 74 valence electrons. The number of hydrogen-bond acceptors (Lipinski definition) is 2. The lowest BCUT2D eigenvalue weighted by molar-refractivity contribution is -0.127. The van der Waals surface area contributed by atoms with Gasteiger partial charge in [-0.15, -0.1) is 0 Å². The lowest BCUT2D eigenvalue weighted by Crippen LogP contribution is -2.29. The van der Waals surface area contributed by atoms with Gasteiger partial charge < -0.3 is 5.11 Å². The van der Waals surface area contributed by atoms with Gasteiger partial charge in [-0.05, 0) is 31.2 Å². The Balaban J connectivity index is 2.35. The van der Waals surface area contributed by atoms with E-state index >= 15 is 0 Å². The number of benzene rings is 1. The van der Waals surface area contributed by atoms with Gasteiger partial charge in [-0.25, -0.2) is 0 Å². The molecule has 1 saturated carbocycles. The van der Waals surface area contributed by atoms with Crippen molar-refractivity contribution in [2.24, 2.45) is 5.92 Å². The Labute approximate surface area is 83.6 Å². The maximum atomic E-state index is 10.9. The third kappa shape index (κ3) is 1.46. The Morgan fingerprint density at radius 3 is 2.36 bits per heavy atom. The van der Waals surface area contributed by atoms with Crippen LogP contribution < -0.4 is 0 Å². The molecule has 0 radical (unpaired) electrons. The predicted octanol–water partition coefficient (Wildman–Crippen LogP) is 1.79. The van der Waals surface area contributed by atoms with E-state index in [1.54, 1.807) is 0 Å². The fraction of sp³-hybridized carbons (Fsp3) is 0.417. The highest BCUT2D eigenvalue weighted by atomic mass is 16.3. The summed E-state index contributed by atoms with van der Waals surface area (Å²) >= 11 is 0. The van der Waals surface area contributed by atoms with Crippen LogP contribution in [0.5, 0.6) is 0 Å². The van der Waals surface area contributed by atoms with Crippen molar-refractivity contribution in [3.63, 3.8) is 0 Å². The van der Waals surface area contributed by atoms with Gasteiger partial charge in [0.1, 0.15) is 5.60 Å². The Bertz CT molecular complexity index is 338. The quantitative estimate of drug-likeness (QED) is 0.738. The van der Waals surface area contributed by atoms with E-state index in [0.717, 1.165) is 24.0 Å². The van der Waals surface area contributed by atoms with Gasteiger partial charge in [0.15, 0.2) is 6.29 Å².